The fourth-order valence-electron chi connectivity index (χ4n) is 3.93. The van der Waals surface area contributed by atoms with Gasteiger partial charge in [-0.1, -0.05) is 23.7 Å². The van der Waals surface area contributed by atoms with Crippen molar-refractivity contribution in [2.75, 3.05) is 10.6 Å². The minimum atomic E-state index is -0.311. The van der Waals surface area contributed by atoms with E-state index in [-0.39, 0.29) is 17.9 Å². The Hall–Kier alpha value is -3.21. The summed E-state index contributed by atoms with van der Waals surface area (Å²) in [6, 6.07) is 12.6. The quantitative estimate of drug-likeness (QED) is 0.483. The van der Waals surface area contributed by atoms with Gasteiger partial charge < -0.3 is 16.4 Å². The van der Waals surface area contributed by atoms with E-state index in [1.54, 1.807) is 30.6 Å². The highest BCUT2D eigenvalue weighted by Crippen LogP contribution is 2.35. The predicted molar refractivity (Wildman–Crippen MR) is 125 cm³/mol. The number of nitrogens with two attached hydrogens (primary N) is 1. The molecule has 0 bridgehead atoms. The first-order valence-corrected chi connectivity index (χ1v) is 11.0. The SMILES string of the molecule is N#Cc1cc(NC2CCC(N)CC2)c(-c2ccncc2Cl)nc1NCc1cccc(F)c1. The van der Waals surface area contributed by atoms with Gasteiger partial charge >= 0.3 is 0 Å². The number of pyridine rings is 2. The Morgan fingerprint density at radius 2 is 2.00 bits per heavy atom. The monoisotopic (exact) mass is 450 g/mol. The molecule has 3 aromatic rings. The standard InChI is InChI=1S/C24H24ClFN6/c25-21-14-29-9-8-20(21)23-22(31-19-6-4-18(28)5-7-19)11-16(12-27)24(32-23)30-13-15-2-1-3-17(26)10-15/h1-3,8-11,14,18-19,31H,4-7,13,28H2,(H,30,32). The zero-order chi connectivity index (χ0) is 22.5. The number of nitriles is 1. The van der Waals surface area contributed by atoms with Gasteiger partial charge in [0.25, 0.3) is 0 Å². The second-order valence-electron chi connectivity index (χ2n) is 7.99. The average molecular weight is 451 g/mol. The molecule has 32 heavy (non-hydrogen) atoms. The van der Waals surface area contributed by atoms with Crippen LogP contribution >= 0.6 is 11.6 Å². The topological polar surface area (TPSA) is 99.7 Å². The number of hydrogen-bond donors (Lipinski definition) is 3. The molecule has 2 heterocycles. The summed E-state index contributed by atoms with van der Waals surface area (Å²) in [5.74, 6) is 0.102. The summed E-state index contributed by atoms with van der Waals surface area (Å²) in [5, 5.41) is 17.0. The van der Waals surface area contributed by atoms with Crippen molar-refractivity contribution >= 4 is 23.1 Å². The highest BCUT2D eigenvalue weighted by atomic mass is 35.5. The lowest BCUT2D eigenvalue weighted by atomic mass is 9.91. The second-order valence-corrected chi connectivity index (χ2v) is 8.39. The van der Waals surface area contributed by atoms with Crippen molar-refractivity contribution in [2.45, 2.75) is 44.3 Å². The van der Waals surface area contributed by atoms with Gasteiger partial charge in [-0.05, 0) is 55.5 Å². The van der Waals surface area contributed by atoms with Crippen LogP contribution in [0.15, 0.2) is 48.8 Å². The first kappa shape index (κ1) is 22.0. The molecule has 0 aliphatic heterocycles. The van der Waals surface area contributed by atoms with Gasteiger partial charge in [-0.3, -0.25) is 4.98 Å². The Kier molecular flexibility index (Phi) is 6.84. The number of nitrogens with one attached hydrogen (secondary N) is 2. The minimum Gasteiger partial charge on any atom is -0.381 e. The van der Waals surface area contributed by atoms with Crippen LogP contribution in [0.2, 0.25) is 5.02 Å². The van der Waals surface area contributed by atoms with Crippen LogP contribution in [0.25, 0.3) is 11.3 Å². The van der Waals surface area contributed by atoms with Crippen molar-refractivity contribution in [1.29, 1.82) is 5.26 Å². The molecule has 2 aromatic heterocycles. The molecule has 4 N–H and O–H groups in total. The van der Waals surface area contributed by atoms with Crippen LogP contribution < -0.4 is 16.4 Å². The molecular weight excluding hydrogens is 427 g/mol. The molecular formula is C24H24ClFN6. The van der Waals surface area contributed by atoms with Crippen molar-refractivity contribution in [1.82, 2.24) is 9.97 Å². The van der Waals surface area contributed by atoms with Crippen LogP contribution in [-0.4, -0.2) is 22.1 Å². The lowest BCUT2D eigenvalue weighted by Crippen LogP contribution is -2.33. The van der Waals surface area contributed by atoms with Crippen LogP contribution in [0.5, 0.6) is 0 Å². The van der Waals surface area contributed by atoms with E-state index in [2.05, 4.69) is 21.7 Å². The summed E-state index contributed by atoms with van der Waals surface area (Å²) < 4.78 is 13.5. The number of halogens is 2. The lowest BCUT2D eigenvalue weighted by molar-refractivity contribution is 0.411. The van der Waals surface area contributed by atoms with Gasteiger partial charge in [0.1, 0.15) is 17.7 Å². The summed E-state index contributed by atoms with van der Waals surface area (Å²) in [6.07, 6.45) is 7.03. The molecule has 164 valence electrons. The molecule has 1 fully saturated rings. The summed E-state index contributed by atoms with van der Waals surface area (Å²) in [6.45, 7) is 0.330. The highest BCUT2D eigenvalue weighted by Gasteiger charge is 2.22. The number of benzene rings is 1. The number of anilines is 2. The van der Waals surface area contributed by atoms with E-state index in [4.69, 9.17) is 22.3 Å². The lowest BCUT2D eigenvalue weighted by Gasteiger charge is -2.28. The maximum atomic E-state index is 13.5. The van der Waals surface area contributed by atoms with Gasteiger partial charge in [-0.2, -0.15) is 5.26 Å². The van der Waals surface area contributed by atoms with Crippen LogP contribution in [0.3, 0.4) is 0 Å². The molecule has 0 amide bonds. The van der Waals surface area contributed by atoms with E-state index >= 15 is 0 Å². The molecule has 4 rings (SSSR count). The van der Waals surface area contributed by atoms with Crippen molar-refractivity contribution < 1.29 is 4.39 Å². The Morgan fingerprint density at radius 1 is 1.19 bits per heavy atom. The van der Waals surface area contributed by atoms with Gasteiger partial charge in [-0.25, -0.2) is 9.37 Å². The first-order chi connectivity index (χ1) is 15.5. The number of rotatable bonds is 6. The molecule has 6 nitrogen and oxygen atoms in total. The molecule has 0 unspecified atom stereocenters. The Bertz CT molecular complexity index is 1140. The van der Waals surface area contributed by atoms with Gasteiger partial charge in [0.05, 0.1) is 22.0 Å². The highest BCUT2D eigenvalue weighted by molar-refractivity contribution is 6.33. The molecule has 1 aliphatic rings. The zero-order valence-electron chi connectivity index (χ0n) is 17.5. The largest absolute Gasteiger partial charge is 0.381 e. The predicted octanol–water partition coefficient (Wildman–Crippen LogP) is 5.10. The summed E-state index contributed by atoms with van der Waals surface area (Å²) in [5.41, 5.74) is 9.28. The Balaban J connectivity index is 1.69. The third-order valence-electron chi connectivity index (χ3n) is 5.65. The molecule has 1 aliphatic carbocycles. The van der Waals surface area contributed by atoms with E-state index in [1.807, 2.05) is 6.07 Å². The number of nitrogens with zero attached hydrogens (tertiary/aromatic N) is 3. The maximum absolute atomic E-state index is 13.5. The third-order valence-corrected chi connectivity index (χ3v) is 5.95. The second kappa shape index (κ2) is 9.94. The fraction of sp³-hybridized carbons (Fsp3) is 0.292. The summed E-state index contributed by atoms with van der Waals surface area (Å²) in [7, 11) is 0. The van der Waals surface area contributed by atoms with Crippen LogP contribution in [0.1, 0.15) is 36.8 Å². The van der Waals surface area contributed by atoms with Crippen LogP contribution in [0, 0.1) is 17.1 Å². The summed E-state index contributed by atoms with van der Waals surface area (Å²) in [4.78, 5) is 8.83. The van der Waals surface area contributed by atoms with E-state index in [9.17, 15) is 9.65 Å². The van der Waals surface area contributed by atoms with Crippen molar-refractivity contribution in [2.24, 2.45) is 5.73 Å². The summed E-state index contributed by atoms with van der Waals surface area (Å²) >= 11 is 6.44. The maximum Gasteiger partial charge on any atom is 0.145 e. The molecule has 1 saturated carbocycles. The Labute approximate surface area is 191 Å². The van der Waals surface area contributed by atoms with E-state index in [0.29, 0.717) is 28.6 Å². The Morgan fingerprint density at radius 3 is 2.72 bits per heavy atom. The minimum absolute atomic E-state index is 0.240. The third kappa shape index (κ3) is 5.16. The van der Waals surface area contributed by atoms with Crippen molar-refractivity contribution in [3.63, 3.8) is 0 Å². The van der Waals surface area contributed by atoms with Gasteiger partial charge in [0.2, 0.25) is 0 Å². The normalized spacial score (nSPS) is 18.1. The first-order valence-electron chi connectivity index (χ1n) is 10.6. The molecule has 0 radical (unpaired) electrons. The fourth-order valence-corrected chi connectivity index (χ4v) is 4.14. The molecule has 1 aromatic carbocycles. The number of aromatic nitrogens is 2. The van der Waals surface area contributed by atoms with Crippen molar-refractivity contribution in [3.05, 3.63) is 70.8 Å². The van der Waals surface area contributed by atoms with Gasteiger partial charge in [0, 0.05) is 36.6 Å². The molecule has 8 heteroatoms. The van der Waals surface area contributed by atoms with Crippen LogP contribution in [0.4, 0.5) is 15.9 Å². The average Bonchev–Trinajstić information content (AvgIpc) is 2.80. The van der Waals surface area contributed by atoms with E-state index < -0.39 is 0 Å². The molecule has 0 spiro atoms. The molecule has 0 atom stereocenters. The molecule has 0 saturated heterocycles. The van der Waals surface area contributed by atoms with E-state index in [0.717, 1.165) is 42.5 Å². The van der Waals surface area contributed by atoms with Gasteiger partial charge in [-0.15, -0.1) is 0 Å². The van der Waals surface area contributed by atoms with Crippen LogP contribution in [-0.2, 0) is 6.54 Å². The number of hydrogen-bond acceptors (Lipinski definition) is 6. The van der Waals surface area contributed by atoms with Crippen molar-refractivity contribution in [3.8, 4) is 17.3 Å². The van der Waals surface area contributed by atoms with E-state index in [1.165, 1.54) is 12.1 Å². The smallest absolute Gasteiger partial charge is 0.145 e. The zero-order valence-corrected chi connectivity index (χ0v) is 18.2. The van der Waals surface area contributed by atoms with Gasteiger partial charge in [0.15, 0.2) is 0 Å².